The average molecular weight is 260 g/mol. The van der Waals surface area contributed by atoms with Crippen LogP contribution < -0.4 is 0 Å². The summed E-state index contributed by atoms with van der Waals surface area (Å²) < 4.78 is 0.649. The van der Waals surface area contributed by atoms with Crippen LogP contribution in [0.2, 0.25) is 0 Å². The van der Waals surface area contributed by atoms with Gasteiger partial charge in [0.25, 0.3) is 0 Å². The van der Waals surface area contributed by atoms with E-state index in [0.717, 1.165) is 0 Å². The summed E-state index contributed by atoms with van der Waals surface area (Å²) in [7, 11) is 0. The van der Waals surface area contributed by atoms with Crippen LogP contribution in [0.3, 0.4) is 0 Å². The van der Waals surface area contributed by atoms with Gasteiger partial charge in [-0.25, -0.2) is 4.98 Å². The van der Waals surface area contributed by atoms with Crippen LogP contribution in [-0.2, 0) is 4.79 Å². The van der Waals surface area contributed by atoms with Crippen molar-refractivity contribution in [3.8, 4) is 0 Å². The number of hydrogen-bond acceptors (Lipinski definition) is 3. The molecule has 0 bridgehead atoms. The van der Waals surface area contributed by atoms with Gasteiger partial charge in [0, 0.05) is 6.20 Å². The Morgan fingerprint density at radius 3 is 2.64 bits per heavy atom. The number of nitrogens with zero attached hydrogens (tertiary/aromatic N) is 1. The van der Waals surface area contributed by atoms with Crippen molar-refractivity contribution in [1.82, 2.24) is 4.98 Å². The van der Waals surface area contributed by atoms with Gasteiger partial charge in [-0.1, -0.05) is 6.07 Å². The van der Waals surface area contributed by atoms with Crippen LogP contribution in [0.1, 0.15) is 18.6 Å². The molecule has 76 valence electrons. The van der Waals surface area contributed by atoms with Gasteiger partial charge in [-0.3, -0.25) is 4.79 Å². The summed E-state index contributed by atoms with van der Waals surface area (Å²) in [5.41, 5.74) is 0.503. The zero-order valence-corrected chi connectivity index (χ0v) is 9.10. The summed E-state index contributed by atoms with van der Waals surface area (Å²) in [6.07, 6.45) is 0.432. The van der Waals surface area contributed by atoms with E-state index in [0.29, 0.717) is 10.2 Å². The monoisotopic (exact) mass is 259 g/mol. The molecule has 1 rings (SSSR count). The normalized spacial score (nSPS) is 14.8. The Balaban J connectivity index is 2.84. The maximum Gasteiger partial charge on any atom is 0.309 e. The minimum atomic E-state index is -1.03. The highest BCUT2D eigenvalue weighted by Crippen LogP contribution is 2.21. The molecule has 2 N–H and O–H groups in total. The summed E-state index contributed by atoms with van der Waals surface area (Å²) in [5.74, 6) is -1.86. The Labute approximate surface area is 89.7 Å². The fourth-order valence-electron chi connectivity index (χ4n) is 0.986. The van der Waals surface area contributed by atoms with Gasteiger partial charge in [-0.05, 0) is 34.5 Å². The Bertz CT molecular complexity index is 325. The van der Waals surface area contributed by atoms with Gasteiger partial charge in [-0.2, -0.15) is 0 Å². The second-order valence-electron chi connectivity index (χ2n) is 2.99. The fraction of sp³-hybridized carbons (Fsp3) is 0.333. The number of rotatable bonds is 3. The van der Waals surface area contributed by atoms with Crippen LogP contribution in [0.25, 0.3) is 0 Å². The SMILES string of the molecule is CC(C(=O)O)C(O)c1ccc(Br)nc1. The number of carbonyl (C=O) groups is 1. The predicted molar refractivity (Wildman–Crippen MR) is 53.7 cm³/mol. The largest absolute Gasteiger partial charge is 0.481 e. The highest BCUT2D eigenvalue weighted by molar-refractivity contribution is 9.10. The molecule has 0 amide bonds. The minimum absolute atomic E-state index is 0.503. The lowest BCUT2D eigenvalue weighted by Gasteiger charge is -2.14. The number of halogens is 1. The van der Waals surface area contributed by atoms with Crippen LogP contribution >= 0.6 is 15.9 Å². The lowest BCUT2D eigenvalue weighted by atomic mass is 9.99. The Morgan fingerprint density at radius 1 is 1.57 bits per heavy atom. The molecule has 0 aliphatic carbocycles. The van der Waals surface area contributed by atoms with Gasteiger partial charge in [0.2, 0.25) is 0 Å². The third-order valence-electron chi connectivity index (χ3n) is 1.95. The van der Waals surface area contributed by atoms with Crippen molar-refractivity contribution in [3.05, 3.63) is 28.5 Å². The standard InChI is InChI=1S/C9H10BrNO3/c1-5(9(13)14)8(12)6-2-3-7(10)11-4-6/h2-5,8,12H,1H3,(H,13,14). The highest BCUT2D eigenvalue weighted by Gasteiger charge is 2.22. The number of aliphatic carboxylic acids is 1. The second-order valence-corrected chi connectivity index (χ2v) is 3.80. The van der Waals surface area contributed by atoms with Gasteiger partial charge in [-0.15, -0.1) is 0 Å². The van der Waals surface area contributed by atoms with Gasteiger partial charge in [0.15, 0.2) is 0 Å². The Hall–Kier alpha value is -0.940. The molecule has 1 heterocycles. The van der Waals surface area contributed by atoms with Crippen molar-refractivity contribution in [1.29, 1.82) is 0 Å². The predicted octanol–water partition coefficient (Wildman–Crippen LogP) is 1.60. The lowest BCUT2D eigenvalue weighted by molar-refractivity contribution is -0.145. The van der Waals surface area contributed by atoms with Crippen LogP contribution in [-0.4, -0.2) is 21.2 Å². The molecular formula is C9H10BrNO3. The molecule has 0 radical (unpaired) electrons. The molecule has 1 aromatic heterocycles. The van der Waals surface area contributed by atoms with Crippen LogP contribution in [0.4, 0.5) is 0 Å². The van der Waals surface area contributed by atoms with Crippen molar-refractivity contribution in [2.75, 3.05) is 0 Å². The first-order valence-electron chi connectivity index (χ1n) is 4.04. The van der Waals surface area contributed by atoms with E-state index >= 15 is 0 Å². The molecule has 1 aromatic rings. The zero-order chi connectivity index (χ0) is 10.7. The molecule has 0 saturated carbocycles. The van der Waals surface area contributed by atoms with Crippen molar-refractivity contribution >= 4 is 21.9 Å². The average Bonchev–Trinajstić information content (AvgIpc) is 2.16. The van der Waals surface area contributed by atoms with Gasteiger partial charge in [0.05, 0.1) is 12.0 Å². The van der Waals surface area contributed by atoms with Gasteiger partial charge in [0.1, 0.15) is 4.60 Å². The molecule has 0 aromatic carbocycles. The van der Waals surface area contributed by atoms with Crippen LogP contribution in [0.5, 0.6) is 0 Å². The van der Waals surface area contributed by atoms with Crippen LogP contribution in [0, 0.1) is 5.92 Å². The number of carboxylic acids is 1. The maximum absolute atomic E-state index is 10.6. The Kier molecular flexibility index (Phi) is 3.60. The van der Waals surface area contributed by atoms with E-state index in [4.69, 9.17) is 5.11 Å². The molecule has 5 heteroatoms. The first-order chi connectivity index (χ1) is 6.52. The van der Waals surface area contributed by atoms with Crippen molar-refractivity contribution in [2.24, 2.45) is 5.92 Å². The van der Waals surface area contributed by atoms with Crippen molar-refractivity contribution in [2.45, 2.75) is 13.0 Å². The topological polar surface area (TPSA) is 70.4 Å². The number of hydrogen-bond donors (Lipinski definition) is 2. The summed E-state index contributed by atoms with van der Waals surface area (Å²) in [6.45, 7) is 1.45. The minimum Gasteiger partial charge on any atom is -0.481 e. The maximum atomic E-state index is 10.6. The molecule has 0 aliphatic rings. The quantitative estimate of drug-likeness (QED) is 0.810. The molecular weight excluding hydrogens is 250 g/mol. The molecule has 0 aliphatic heterocycles. The third kappa shape index (κ3) is 2.52. The molecule has 0 spiro atoms. The number of pyridine rings is 1. The van der Waals surface area contributed by atoms with E-state index in [1.807, 2.05) is 0 Å². The van der Waals surface area contributed by atoms with E-state index in [9.17, 15) is 9.90 Å². The second kappa shape index (κ2) is 4.52. The third-order valence-corrected chi connectivity index (χ3v) is 2.42. The molecule has 0 saturated heterocycles. The number of aliphatic hydroxyl groups is 1. The number of aromatic nitrogens is 1. The van der Waals surface area contributed by atoms with E-state index in [2.05, 4.69) is 20.9 Å². The highest BCUT2D eigenvalue weighted by atomic mass is 79.9. The summed E-state index contributed by atoms with van der Waals surface area (Å²) >= 11 is 3.15. The van der Waals surface area contributed by atoms with Crippen molar-refractivity contribution in [3.63, 3.8) is 0 Å². The molecule has 4 nitrogen and oxygen atoms in total. The molecule has 2 atom stereocenters. The number of aliphatic hydroxyl groups excluding tert-OH is 1. The fourth-order valence-corrected chi connectivity index (χ4v) is 1.22. The van der Waals surface area contributed by atoms with E-state index in [-0.39, 0.29) is 0 Å². The summed E-state index contributed by atoms with van der Waals surface area (Å²) in [5, 5.41) is 18.3. The first kappa shape index (κ1) is 11.1. The zero-order valence-electron chi connectivity index (χ0n) is 7.51. The summed E-state index contributed by atoms with van der Waals surface area (Å²) in [4.78, 5) is 14.5. The smallest absolute Gasteiger partial charge is 0.309 e. The van der Waals surface area contributed by atoms with Crippen molar-refractivity contribution < 1.29 is 15.0 Å². The molecule has 14 heavy (non-hydrogen) atoms. The number of carboxylic acid groups (broad SMARTS) is 1. The Morgan fingerprint density at radius 2 is 2.21 bits per heavy atom. The van der Waals surface area contributed by atoms with Gasteiger partial charge < -0.3 is 10.2 Å². The van der Waals surface area contributed by atoms with E-state index < -0.39 is 18.0 Å². The van der Waals surface area contributed by atoms with Crippen LogP contribution in [0.15, 0.2) is 22.9 Å². The summed E-state index contributed by atoms with van der Waals surface area (Å²) in [6, 6.07) is 3.30. The molecule has 0 fully saturated rings. The van der Waals surface area contributed by atoms with Gasteiger partial charge >= 0.3 is 5.97 Å². The molecule has 2 unspecified atom stereocenters. The van der Waals surface area contributed by atoms with E-state index in [1.54, 1.807) is 12.1 Å². The first-order valence-corrected chi connectivity index (χ1v) is 4.84. The lowest BCUT2D eigenvalue weighted by Crippen LogP contribution is -2.18. The van der Waals surface area contributed by atoms with E-state index in [1.165, 1.54) is 13.1 Å².